The summed E-state index contributed by atoms with van der Waals surface area (Å²) in [5, 5.41) is -0.148. The summed E-state index contributed by atoms with van der Waals surface area (Å²) in [7, 11) is -2.08. The molecule has 0 saturated carbocycles. The highest BCUT2D eigenvalue weighted by atomic mass is 35.5. The SMILES string of the molecule is CC1=C[C@H]2[C@H](C3C=C[C@]2(Cl)S3=O)[S@@]1=O. The Balaban J connectivity index is 2.18. The predicted octanol–water partition coefficient (Wildman–Crippen LogP) is 1.27. The Bertz CT molecular complexity index is 429. The summed E-state index contributed by atoms with van der Waals surface area (Å²) in [6.45, 7) is 1.86. The van der Waals surface area contributed by atoms with E-state index in [9.17, 15) is 8.42 Å². The molecular formula is C9H9ClO2S2. The number of fused-ring (bicyclic) bond motifs is 5. The molecule has 0 amide bonds. The smallest absolute Gasteiger partial charge is 0.145 e. The lowest BCUT2D eigenvalue weighted by Crippen LogP contribution is -2.31. The maximum atomic E-state index is 11.9. The Labute approximate surface area is 92.3 Å². The van der Waals surface area contributed by atoms with Crippen LogP contribution in [-0.4, -0.2) is 23.1 Å². The highest BCUT2D eigenvalue weighted by molar-refractivity contribution is 7.94. The summed E-state index contributed by atoms with van der Waals surface area (Å²) in [5.41, 5.74) is 0. The lowest BCUT2D eigenvalue weighted by molar-refractivity contribution is 0.609. The van der Waals surface area contributed by atoms with Crippen LogP contribution < -0.4 is 0 Å². The molecule has 2 nitrogen and oxygen atoms in total. The number of rotatable bonds is 0. The zero-order chi connectivity index (χ0) is 10.1. The molecule has 0 radical (unpaired) electrons. The van der Waals surface area contributed by atoms with Crippen LogP contribution in [0.2, 0.25) is 0 Å². The van der Waals surface area contributed by atoms with E-state index < -0.39 is 25.8 Å². The van der Waals surface area contributed by atoms with Gasteiger partial charge in [-0.2, -0.15) is 0 Å². The topological polar surface area (TPSA) is 34.1 Å². The molecule has 3 rings (SSSR count). The molecule has 0 aromatic heterocycles. The lowest BCUT2D eigenvalue weighted by Gasteiger charge is -2.21. The maximum Gasteiger partial charge on any atom is 0.145 e. The first kappa shape index (κ1) is 9.31. The molecule has 3 heterocycles. The first-order valence-corrected chi connectivity index (χ1v) is 7.24. The average molecular weight is 249 g/mol. The second-order valence-corrected chi connectivity index (χ2v) is 8.33. The molecule has 14 heavy (non-hydrogen) atoms. The van der Waals surface area contributed by atoms with Gasteiger partial charge in [-0.05, 0) is 6.92 Å². The Morgan fingerprint density at radius 3 is 2.86 bits per heavy atom. The monoisotopic (exact) mass is 248 g/mol. The van der Waals surface area contributed by atoms with Gasteiger partial charge in [0.1, 0.15) is 4.21 Å². The first-order valence-electron chi connectivity index (χ1n) is 4.43. The minimum atomic E-state index is -1.09. The van der Waals surface area contributed by atoms with E-state index in [2.05, 4.69) is 0 Å². The molecule has 0 aliphatic carbocycles. The molecule has 1 fully saturated rings. The Morgan fingerprint density at radius 1 is 1.50 bits per heavy atom. The molecule has 3 aliphatic heterocycles. The number of allylic oxidation sites excluding steroid dienone is 2. The fraction of sp³-hybridized carbons (Fsp3) is 0.556. The normalized spacial score (nSPS) is 59.0. The number of hydrogen-bond acceptors (Lipinski definition) is 2. The van der Waals surface area contributed by atoms with E-state index in [4.69, 9.17) is 11.6 Å². The van der Waals surface area contributed by atoms with Gasteiger partial charge in [-0.1, -0.05) is 29.8 Å². The summed E-state index contributed by atoms with van der Waals surface area (Å²) in [4.78, 5) is 0.885. The fourth-order valence-corrected chi connectivity index (χ4v) is 7.17. The second-order valence-electron chi connectivity index (χ2n) is 3.88. The summed E-state index contributed by atoms with van der Waals surface area (Å²) in [5.74, 6) is 0.000772. The molecule has 2 bridgehead atoms. The van der Waals surface area contributed by atoms with Gasteiger partial charge in [-0.3, -0.25) is 8.42 Å². The number of alkyl halides is 1. The van der Waals surface area contributed by atoms with Crippen LogP contribution in [0.3, 0.4) is 0 Å². The van der Waals surface area contributed by atoms with Crippen molar-refractivity contribution < 1.29 is 8.42 Å². The van der Waals surface area contributed by atoms with Crippen LogP contribution in [-0.2, 0) is 21.6 Å². The van der Waals surface area contributed by atoms with E-state index in [1.165, 1.54) is 0 Å². The van der Waals surface area contributed by atoms with Crippen LogP contribution in [0.15, 0.2) is 23.1 Å². The summed E-state index contributed by atoms with van der Waals surface area (Å²) < 4.78 is 23.0. The third-order valence-electron chi connectivity index (χ3n) is 3.18. The van der Waals surface area contributed by atoms with Gasteiger partial charge in [0.25, 0.3) is 0 Å². The van der Waals surface area contributed by atoms with Crippen LogP contribution in [0.4, 0.5) is 0 Å². The molecule has 2 unspecified atom stereocenters. The van der Waals surface area contributed by atoms with E-state index in [-0.39, 0.29) is 16.4 Å². The van der Waals surface area contributed by atoms with E-state index in [0.717, 1.165) is 4.91 Å². The predicted molar refractivity (Wildman–Crippen MR) is 58.8 cm³/mol. The standard InChI is InChI=1S/C9H9ClO2S2/c1-5-4-6-8(13(5)11)7-2-3-9(6,10)14(7)12/h2-4,6-8H,1H3/t6-,7?,8+,9-,13+,14?/m0/s1. The van der Waals surface area contributed by atoms with Crippen molar-refractivity contribution in [3.63, 3.8) is 0 Å². The Morgan fingerprint density at radius 2 is 2.21 bits per heavy atom. The van der Waals surface area contributed by atoms with Gasteiger partial charge in [-0.25, -0.2) is 0 Å². The van der Waals surface area contributed by atoms with Crippen molar-refractivity contribution in [2.75, 3.05) is 0 Å². The minimum absolute atomic E-state index is 0.000772. The van der Waals surface area contributed by atoms with Crippen molar-refractivity contribution in [1.82, 2.24) is 0 Å². The maximum absolute atomic E-state index is 11.9. The van der Waals surface area contributed by atoms with Crippen molar-refractivity contribution in [3.05, 3.63) is 23.1 Å². The third kappa shape index (κ3) is 0.836. The highest BCUT2D eigenvalue weighted by Crippen LogP contribution is 2.54. The lowest BCUT2D eigenvalue weighted by atomic mass is 9.93. The molecule has 0 spiro atoms. The molecule has 0 aromatic rings. The van der Waals surface area contributed by atoms with Crippen LogP contribution in [0.5, 0.6) is 0 Å². The third-order valence-corrected chi connectivity index (χ3v) is 8.01. The van der Waals surface area contributed by atoms with E-state index >= 15 is 0 Å². The van der Waals surface area contributed by atoms with Gasteiger partial charge in [0.05, 0.1) is 32.1 Å². The quantitative estimate of drug-likeness (QED) is 0.478. The van der Waals surface area contributed by atoms with Crippen molar-refractivity contribution in [2.24, 2.45) is 5.92 Å². The van der Waals surface area contributed by atoms with Gasteiger partial charge in [0.15, 0.2) is 0 Å². The van der Waals surface area contributed by atoms with Crippen LogP contribution in [0, 0.1) is 5.92 Å². The average Bonchev–Trinajstić information content (AvgIpc) is 2.65. The summed E-state index contributed by atoms with van der Waals surface area (Å²) >= 11 is 6.31. The van der Waals surface area contributed by atoms with Gasteiger partial charge >= 0.3 is 0 Å². The Hall–Kier alpha value is 0.0700. The molecule has 1 saturated heterocycles. The largest absolute Gasteiger partial charge is 0.257 e. The molecule has 6 atom stereocenters. The van der Waals surface area contributed by atoms with Gasteiger partial charge in [0.2, 0.25) is 0 Å². The number of halogens is 1. The van der Waals surface area contributed by atoms with Crippen molar-refractivity contribution in [2.45, 2.75) is 21.6 Å². The van der Waals surface area contributed by atoms with Gasteiger partial charge in [-0.15, -0.1) is 0 Å². The zero-order valence-corrected chi connectivity index (χ0v) is 9.86. The molecule has 5 heteroatoms. The zero-order valence-electron chi connectivity index (χ0n) is 7.48. The van der Waals surface area contributed by atoms with Crippen molar-refractivity contribution in [3.8, 4) is 0 Å². The molecule has 76 valence electrons. The molecule has 0 aromatic carbocycles. The fourth-order valence-electron chi connectivity index (χ4n) is 2.48. The second kappa shape index (κ2) is 2.60. The van der Waals surface area contributed by atoms with Gasteiger partial charge < -0.3 is 0 Å². The van der Waals surface area contributed by atoms with Crippen LogP contribution in [0.1, 0.15) is 6.92 Å². The van der Waals surface area contributed by atoms with Crippen LogP contribution >= 0.6 is 11.6 Å². The van der Waals surface area contributed by atoms with Crippen molar-refractivity contribution in [1.29, 1.82) is 0 Å². The minimum Gasteiger partial charge on any atom is -0.257 e. The summed E-state index contributed by atoms with van der Waals surface area (Å²) in [6.07, 6.45) is 5.63. The van der Waals surface area contributed by atoms with Gasteiger partial charge in [0, 0.05) is 10.8 Å². The molecule has 3 aliphatic rings. The van der Waals surface area contributed by atoms with E-state index in [1.807, 2.05) is 25.2 Å². The summed E-state index contributed by atoms with van der Waals surface area (Å²) in [6, 6.07) is 0. The van der Waals surface area contributed by atoms with E-state index in [1.54, 1.807) is 0 Å². The molecule has 0 N–H and O–H groups in total. The molecular weight excluding hydrogens is 240 g/mol. The van der Waals surface area contributed by atoms with Crippen LogP contribution in [0.25, 0.3) is 0 Å². The van der Waals surface area contributed by atoms with E-state index in [0.29, 0.717) is 0 Å². The first-order chi connectivity index (χ1) is 6.55. The highest BCUT2D eigenvalue weighted by Gasteiger charge is 2.63. The number of hydrogen-bond donors (Lipinski definition) is 0. The van der Waals surface area contributed by atoms with Crippen molar-refractivity contribution >= 4 is 33.2 Å². The Kier molecular flexibility index (Phi) is 1.73.